The second-order valence-corrected chi connectivity index (χ2v) is 7.45. The molecule has 0 fully saturated rings. The van der Waals surface area contributed by atoms with Gasteiger partial charge >= 0.3 is 0 Å². The molecule has 0 saturated carbocycles. The Kier molecular flexibility index (Phi) is 4.15. The van der Waals surface area contributed by atoms with Gasteiger partial charge in [0.15, 0.2) is 0 Å². The Morgan fingerprint density at radius 3 is 2.62 bits per heavy atom. The van der Waals surface area contributed by atoms with Gasteiger partial charge in [-0.1, -0.05) is 0 Å². The second kappa shape index (κ2) is 6.12. The minimum Gasteiger partial charge on any atom is -0.363 e. The van der Waals surface area contributed by atoms with Crippen molar-refractivity contribution in [3.05, 3.63) is 42.1 Å². The highest BCUT2D eigenvalue weighted by Gasteiger charge is 2.20. The summed E-state index contributed by atoms with van der Waals surface area (Å²) in [4.78, 5) is 17.5. The quantitative estimate of drug-likeness (QED) is 0.881. The fraction of sp³-hybridized carbons (Fsp3) is 0.250. The number of carbonyl (C=O) groups excluding carboxylic acids is 1. The van der Waals surface area contributed by atoms with Crippen LogP contribution in [-0.2, 0) is 21.2 Å². The van der Waals surface area contributed by atoms with E-state index in [0.29, 0.717) is 24.2 Å². The third-order valence-electron chi connectivity index (χ3n) is 3.74. The van der Waals surface area contributed by atoms with Gasteiger partial charge < -0.3 is 10.2 Å². The fourth-order valence-electron chi connectivity index (χ4n) is 2.45. The summed E-state index contributed by atoms with van der Waals surface area (Å²) in [5.41, 5.74) is 1.88. The number of hydrogen-bond donors (Lipinski definition) is 2. The van der Waals surface area contributed by atoms with Gasteiger partial charge in [0, 0.05) is 26.2 Å². The van der Waals surface area contributed by atoms with E-state index in [1.807, 2.05) is 19.0 Å². The lowest BCUT2D eigenvalue weighted by atomic mass is 10.0. The molecule has 126 valence electrons. The minimum atomic E-state index is -3.71. The molecule has 8 heteroatoms. The molecule has 0 bridgehead atoms. The van der Waals surface area contributed by atoms with Crippen molar-refractivity contribution >= 4 is 33.1 Å². The van der Waals surface area contributed by atoms with Crippen LogP contribution in [0.4, 0.5) is 17.2 Å². The van der Waals surface area contributed by atoms with E-state index in [-0.39, 0.29) is 10.8 Å². The Hall–Kier alpha value is -2.61. The zero-order valence-electron chi connectivity index (χ0n) is 13.4. The summed E-state index contributed by atoms with van der Waals surface area (Å²) in [6.07, 6.45) is 2.37. The van der Waals surface area contributed by atoms with Crippen LogP contribution in [0.2, 0.25) is 0 Å². The van der Waals surface area contributed by atoms with E-state index in [2.05, 4.69) is 15.0 Å². The summed E-state index contributed by atoms with van der Waals surface area (Å²) in [5, 5.41) is 2.74. The highest BCUT2D eigenvalue weighted by atomic mass is 32.2. The van der Waals surface area contributed by atoms with Crippen LogP contribution in [0.3, 0.4) is 0 Å². The maximum Gasteiger partial charge on any atom is 0.261 e. The van der Waals surface area contributed by atoms with Gasteiger partial charge in [-0.3, -0.25) is 9.52 Å². The zero-order valence-corrected chi connectivity index (χ0v) is 14.2. The van der Waals surface area contributed by atoms with Crippen molar-refractivity contribution in [1.82, 2.24) is 4.98 Å². The summed E-state index contributed by atoms with van der Waals surface area (Å²) in [5.74, 6) is 0.686. The molecule has 7 nitrogen and oxygen atoms in total. The van der Waals surface area contributed by atoms with Crippen LogP contribution in [0.15, 0.2) is 41.4 Å². The maximum absolute atomic E-state index is 12.5. The van der Waals surface area contributed by atoms with Gasteiger partial charge in [0.1, 0.15) is 5.82 Å². The standard InChI is InChI=1S/C16H18N4O3S/c1-20(2)15-7-4-12(10-17-15)19-24(22,23)13-5-6-14-11(9-13)3-8-16(21)18-14/h4-7,9-10,19H,3,8H2,1-2H3,(H,18,21). The minimum absolute atomic E-state index is 0.0525. The molecule has 0 aliphatic carbocycles. The first-order chi connectivity index (χ1) is 11.3. The number of nitrogens with one attached hydrogen (secondary N) is 2. The Morgan fingerprint density at radius 1 is 1.17 bits per heavy atom. The Labute approximate surface area is 140 Å². The number of aryl methyl sites for hydroxylation is 1. The molecule has 0 saturated heterocycles. The largest absolute Gasteiger partial charge is 0.363 e. The monoisotopic (exact) mass is 346 g/mol. The van der Waals surface area contributed by atoms with Gasteiger partial charge in [0.2, 0.25) is 5.91 Å². The SMILES string of the molecule is CN(C)c1ccc(NS(=O)(=O)c2ccc3c(c2)CCC(=O)N3)cn1. The molecular weight excluding hydrogens is 328 g/mol. The molecule has 0 unspecified atom stereocenters. The summed E-state index contributed by atoms with van der Waals surface area (Å²) in [6.45, 7) is 0. The van der Waals surface area contributed by atoms with Gasteiger partial charge in [0.05, 0.1) is 16.8 Å². The number of aromatic nitrogens is 1. The molecule has 1 aliphatic rings. The topological polar surface area (TPSA) is 91.4 Å². The van der Waals surface area contributed by atoms with Gasteiger partial charge in [-0.15, -0.1) is 0 Å². The summed E-state index contributed by atoms with van der Waals surface area (Å²) >= 11 is 0. The maximum atomic E-state index is 12.5. The summed E-state index contributed by atoms with van der Waals surface area (Å²) < 4.78 is 27.6. The molecule has 1 aromatic carbocycles. The molecule has 0 atom stereocenters. The van der Waals surface area contributed by atoms with Crippen LogP contribution < -0.4 is 14.9 Å². The molecule has 1 aliphatic heterocycles. The number of benzene rings is 1. The third-order valence-corrected chi connectivity index (χ3v) is 5.12. The van der Waals surface area contributed by atoms with E-state index < -0.39 is 10.0 Å². The lowest BCUT2D eigenvalue weighted by Gasteiger charge is -2.18. The van der Waals surface area contributed by atoms with Crippen molar-refractivity contribution in [2.45, 2.75) is 17.7 Å². The smallest absolute Gasteiger partial charge is 0.261 e. The van der Waals surface area contributed by atoms with E-state index in [0.717, 1.165) is 11.4 Å². The third kappa shape index (κ3) is 3.33. The van der Waals surface area contributed by atoms with Gasteiger partial charge in [-0.2, -0.15) is 0 Å². The summed E-state index contributed by atoms with van der Waals surface area (Å²) in [6, 6.07) is 8.10. The van der Waals surface area contributed by atoms with Crippen molar-refractivity contribution in [3.63, 3.8) is 0 Å². The molecule has 24 heavy (non-hydrogen) atoms. The van der Waals surface area contributed by atoms with Crippen molar-refractivity contribution in [2.24, 2.45) is 0 Å². The Morgan fingerprint density at radius 2 is 1.96 bits per heavy atom. The zero-order chi connectivity index (χ0) is 17.3. The van der Waals surface area contributed by atoms with E-state index in [1.165, 1.54) is 12.3 Å². The van der Waals surface area contributed by atoms with Crippen LogP contribution >= 0.6 is 0 Å². The molecule has 1 aromatic heterocycles. The molecular formula is C16H18N4O3S. The second-order valence-electron chi connectivity index (χ2n) is 5.77. The predicted octanol–water partition coefficient (Wildman–Crippen LogP) is 1.83. The van der Waals surface area contributed by atoms with E-state index in [1.54, 1.807) is 24.3 Å². The number of carbonyl (C=O) groups is 1. The number of amides is 1. The Balaban J connectivity index is 1.84. The van der Waals surface area contributed by atoms with E-state index in [9.17, 15) is 13.2 Å². The number of nitrogens with zero attached hydrogens (tertiary/aromatic N) is 2. The highest BCUT2D eigenvalue weighted by Crippen LogP contribution is 2.26. The molecule has 2 aromatic rings. The van der Waals surface area contributed by atoms with Gasteiger partial charge in [-0.25, -0.2) is 13.4 Å². The normalized spacial score (nSPS) is 13.8. The van der Waals surface area contributed by atoms with Crippen molar-refractivity contribution < 1.29 is 13.2 Å². The number of sulfonamides is 1. The van der Waals surface area contributed by atoms with Crippen molar-refractivity contribution in [3.8, 4) is 0 Å². The predicted molar refractivity (Wildman–Crippen MR) is 92.8 cm³/mol. The molecule has 0 radical (unpaired) electrons. The molecule has 3 rings (SSSR count). The first-order valence-corrected chi connectivity index (χ1v) is 8.92. The number of fused-ring (bicyclic) bond motifs is 1. The molecule has 1 amide bonds. The first-order valence-electron chi connectivity index (χ1n) is 7.44. The number of anilines is 3. The lowest BCUT2D eigenvalue weighted by molar-refractivity contribution is -0.116. The highest BCUT2D eigenvalue weighted by molar-refractivity contribution is 7.92. The number of hydrogen-bond acceptors (Lipinski definition) is 5. The number of rotatable bonds is 4. The fourth-order valence-corrected chi connectivity index (χ4v) is 3.55. The van der Waals surface area contributed by atoms with Crippen LogP contribution in [0.5, 0.6) is 0 Å². The van der Waals surface area contributed by atoms with Crippen molar-refractivity contribution in [2.75, 3.05) is 29.0 Å². The average Bonchev–Trinajstić information content (AvgIpc) is 2.54. The van der Waals surface area contributed by atoms with Crippen LogP contribution in [0, 0.1) is 0 Å². The molecule has 2 N–H and O–H groups in total. The van der Waals surface area contributed by atoms with Crippen LogP contribution in [0.25, 0.3) is 0 Å². The first kappa shape index (κ1) is 16.3. The van der Waals surface area contributed by atoms with E-state index in [4.69, 9.17) is 0 Å². The molecule has 2 heterocycles. The van der Waals surface area contributed by atoms with Gasteiger partial charge in [-0.05, 0) is 42.3 Å². The summed E-state index contributed by atoms with van der Waals surface area (Å²) in [7, 11) is 0.00865. The Bertz CT molecular complexity index is 877. The lowest BCUT2D eigenvalue weighted by Crippen LogP contribution is -2.20. The van der Waals surface area contributed by atoms with Crippen molar-refractivity contribution in [1.29, 1.82) is 0 Å². The average molecular weight is 346 g/mol. The van der Waals surface area contributed by atoms with Crippen LogP contribution in [0.1, 0.15) is 12.0 Å². The van der Waals surface area contributed by atoms with Crippen LogP contribution in [-0.4, -0.2) is 33.4 Å². The number of pyridine rings is 1. The molecule has 0 spiro atoms. The van der Waals surface area contributed by atoms with E-state index >= 15 is 0 Å². The van der Waals surface area contributed by atoms with Gasteiger partial charge in [0.25, 0.3) is 10.0 Å².